The number of alkyl halides is 1. The second-order valence-corrected chi connectivity index (χ2v) is 4.78. The molecule has 1 aromatic rings. The summed E-state index contributed by atoms with van der Waals surface area (Å²) in [5, 5.41) is 0. The van der Waals surface area contributed by atoms with Gasteiger partial charge < -0.3 is 9.64 Å². The van der Waals surface area contributed by atoms with Gasteiger partial charge in [0.15, 0.2) is 0 Å². The Morgan fingerprint density at radius 1 is 1.45 bits per heavy atom. The van der Waals surface area contributed by atoms with Gasteiger partial charge >= 0.3 is 5.97 Å². The number of hydrogen-bond donors (Lipinski definition) is 0. The van der Waals surface area contributed by atoms with Gasteiger partial charge in [0.2, 0.25) is 5.91 Å². The van der Waals surface area contributed by atoms with E-state index in [1.54, 1.807) is 0 Å². The molecule has 0 saturated carbocycles. The molecule has 4 nitrogen and oxygen atoms in total. The van der Waals surface area contributed by atoms with E-state index < -0.39 is 29.1 Å². The Bertz CT molecular complexity index is 565. The molecule has 1 aromatic carbocycles. The molecule has 20 heavy (non-hydrogen) atoms. The predicted molar refractivity (Wildman–Crippen MR) is 68.9 cm³/mol. The van der Waals surface area contributed by atoms with Crippen LogP contribution in [0.3, 0.4) is 0 Å². The average Bonchev–Trinajstić information content (AvgIpc) is 2.81. The van der Waals surface area contributed by atoms with Gasteiger partial charge in [0, 0.05) is 18.8 Å². The van der Waals surface area contributed by atoms with Crippen LogP contribution in [0.2, 0.25) is 0 Å². The second-order valence-electron chi connectivity index (χ2n) is 4.47. The summed E-state index contributed by atoms with van der Waals surface area (Å²) in [5.74, 6) is -3.14. The summed E-state index contributed by atoms with van der Waals surface area (Å²) in [6, 6.07) is 1.70. The first-order valence-electron chi connectivity index (χ1n) is 5.92. The van der Waals surface area contributed by atoms with Gasteiger partial charge in [-0.3, -0.25) is 4.79 Å². The monoisotopic (exact) mass is 303 g/mol. The maximum atomic E-state index is 14.0. The van der Waals surface area contributed by atoms with E-state index in [4.69, 9.17) is 11.6 Å². The van der Waals surface area contributed by atoms with Crippen molar-refractivity contribution < 1.29 is 23.1 Å². The number of rotatable bonds is 3. The Hall–Kier alpha value is -1.69. The molecule has 1 aliphatic heterocycles. The van der Waals surface area contributed by atoms with Crippen molar-refractivity contribution >= 4 is 29.2 Å². The van der Waals surface area contributed by atoms with Crippen LogP contribution in [-0.2, 0) is 9.53 Å². The van der Waals surface area contributed by atoms with Gasteiger partial charge in [-0.2, -0.15) is 0 Å². The summed E-state index contributed by atoms with van der Waals surface area (Å²) in [5.41, 5.74) is -0.953. The fourth-order valence-electron chi connectivity index (χ4n) is 2.20. The third-order valence-electron chi connectivity index (χ3n) is 3.16. The molecule has 2 rings (SSSR count). The topological polar surface area (TPSA) is 46.6 Å². The molecule has 0 bridgehead atoms. The molecule has 7 heteroatoms. The van der Waals surface area contributed by atoms with Crippen LogP contribution in [0.1, 0.15) is 16.8 Å². The number of benzene rings is 1. The number of carbonyl (C=O) groups is 2. The SMILES string of the molecule is COC(=O)c1c(F)ccc(F)c1N1CC(CCl)CC1=O. The quantitative estimate of drug-likeness (QED) is 0.636. The highest BCUT2D eigenvalue weighted by molar-refractivity contribution is 6.18. The second kappa shape index (κ2) is 5.75. The molecule has 108 valence electrons. The fraction of sp³-hybridized carbons (Fsp3) is 0.385. The third-order valence-corrected chi connectivity index (χ3v) is 3.60. The molecule has 1 heterocycles. The zero-order valence-corrected chi connectivity index (χ0v) is 11.4. The maximum absolute atomic E-state index is 14.0. The summed E-state index contributed by atoms with van der Waals surface area (Å²) in [6.07, 6.45) is 0.139. The number of amides is 1. The van der Waals surface area contributed by atoms with Crippen LogP contribution in [0.25, 0.3) is 0 Å². The lowest BCUT2D eigenvalue weighted by molar-refractivity contribution is -0.117. The van der Waals surface area contributed by atoms with E-state index in [0.717, 1.165) is 24.1 Å². The van der Waals surface area contributed by atoms with Gasteiger partial charge in [0.1, 0.15) is 17.2 Å². The minimum Gasteiger partial charge on any atom is -0.465 e. The molecular weight excluding hydrogens is 292 g/mol. The maximum Gasteiger partial charge on any atom is 0.343 e. The number of ether oxygens (including phenoxy) is 1. The minimum atomic E-state index is -1.03. The molecule has 1 amide bonds. The summed E-state index contributed by atoms with van der Waals surface area (Å²) in [4.78, 5) is 24.6. The highest BCUT2D eigenvalue weighted by atomic mass is 35.5. The highest BCUT2D eigenvalue weighted by Crippen LogP contribution is 2.33. The van der Waals surface area contributed by atoms with Gasteiger partial charge in [-0.1, -0.05) is 0 Å². The number of methoxy groups -OCH3 is 1. The van der Waals surface area contributed by atoms with E-state index in [1.165, 1.54) is 0 Å². The Morgan fingerprint density at radius 2 is 2.10 bits per heavy atom. The van der Waals surface area contributed by atoms with E-state index in [0.29, 0.717) is 0 Å². The average molecular weight is 304 g/mol. The van der Waals surface area contributed by atoms with Gasteiger partial charge in [-0.25, -0.2) is 13.6 Å². The first-order chi connectivity index (χ1) is 9.49. The minimum absolute atomic E-state index is 0.139. The lowest BCUT2D eigenvalue weighted by atomic mass is 10.1. The van der Waals surface area contributed by atoms with Crippen LogP contribution < -0.4 is 4.90 Å². The van der Waals surface area contributed by atoms with Gasteiger partial charge in [-0.15, -0.1) is 11.6 Å². The molecule has 0 radical (unpaired) electrons. The van der Waals surface area contributed by atoms with E-state index in [2.05, 4.69) is 4.74 Å². The normalized spacial score (nSPS) is 18.5. The summed E-state index contributed by atoms with van der Waals surface area (Å²) < 4.78 is 32.2. The van der Waals surface area contributed by atoms with Crippen LogP contribution in [0.5, 0.6) is 0 Å². The zero-order chi connectivity index (χ0) is 14.9. The molecule has 0 aromatic heterocycles. The largest absolute Gasteiger partial charge is 0.465 e. The Kier molecular flexibility index (Phi) is 4.23. The standard InChI is InChI=1S/C13H12ClF2NO3/c1-20-13(19)11-8(15)2-3-9(16)12(11)17-6-7(5-14)4-10(17)18/h2-3,7H,4-6H2,1H3. The van der Waals surface area contributed by atoms with Crippen LogP contribution in [0.4, 0.5) is 14.5 Å². The molecule has 1 unspecified atom stereocenters. The smallest absolute Gasteiger partial charge is 0.343 e. The Balaban J connectivity index is 2.53. The first kappa shape index (κ1) is 14.7. The van der Waals surface area contributed by atoms with Crippen molar-refractivity contribution in [1.29, 1.82) is 0 Å². The van der Waals surface area contributed by atoms with Crippen molar-refractivity contribution in [3.8, 4) is 0 Å². The molecule has 0 aliphatic carbocycles. The first-order valence-corrected chi connectivity index (χ1v) is 6.45. The Morgan fingerprint density at radius 3 is 2.65 bits per heavy atom. The number of nitrogens with zero attached hydrogens (tertiary/aromatic N) is 1. The molecule has 1 saturated heterocycles. The summed E-state index contributed by atoms with van der Waals surface area (Å²) in [7, 11) is 1.06. The molecule has 1 aliphatic rings. The van der Waals surface area contributed by atoms with Crippen molar-refractivity contribution in [3.05, 3.63) is 29.3 Å². The number of halogens is 3. The van der Waals surface area contributed by atoms with Gasteiger partial charge in [-0.05, 0) is 18.1 Å². The van der Waals surface area contributed by atoms with Crippen molar-refractivity contribution in [2.24, 2.45) is 5.92 Å². The van der Waals surface area contributed by atoms with Crippen LogP contribution in [0, 0.1) is 17.6 Å². The Labute approximate surface area is 119 Å². The van der Waals surface area contributed by atoms with Gasteiger partial charge in [0.25, 0.3) is 0 Å². The zero-order valence-electron chi connectivity index (χ0n) is 10.7. The van der Waals surface area contributed by atoms with E-state index >= 15 is 0 Å². The van der Waals surface area contributed by atoms with E-state index in [-0.39, 0.29) is 30.5 Å². The summed E-state index contributed by atoms with van der Waals surface area (Å²) >= 11 is 5.69. The predicted octanol–water partition coefficient (Wildman–Crippen LogP) is 2.34. The van der Waals surface area contributed by atoms with Crippen molar-refractivity contribution in [2.45, 2.75) is 6.42 Å². The number of anilines is 1. The highest BCUT2D eigenvalue weighted by Gasteiger charge is 2.35. The van der Waals surface area contributed by atoms with Crippen molar-refractivity contribution in [1.82, 2.24) is 0 Å². The third kappa shape index (κ3) is 2.47. The molecule has 0 N–H and O–H groups in total. The van der Waals surface area contributed by atoms with Crippen LogP contribution in [-0.4, -0.2) is 31.4 Å². The van der Waals surface area contributed by atoms with E-state index in [1.807, 2.05) is 0 Å². The van der Waals surface area contributed by atoms with Crippen LogP contribution >= 0.6 is 11.6 Å². The fourth-order valence-corrected chi connectivity index (χ4v) is 2.41. The molecular formula is C13H12ClF2NO3. The number of hydrogen-bond acceptors (Lipinski definition) is 3. The molecule has 0 spiro atoms. The van der Waals surface area contributed by atoms with E-state index in [9.17, 15) is 18.4 Å². The van der Waals surface area contributed by atoms with Gasteiger partial charge in [0.05, 0.1) is 12.8 Å². The molecule has 1 atom stereocenters. The summed E-state index contributed by atoms with van der Waals surface area (Å²) in [6.45, 7) is 0.146. The number of carbonyl (C=O) groups excluding carboxylic acids is 2. The number of esters is 1. The van der Waals surface area contributed by atoms with Crippen molar-refractivity contribution in [3.63, 3.8) is 0 Å². The lowest BCUT2D eigenvalue weighted by Crippen LogP contribution is -2.28. The van der Waals surface area contributed by atoms with Crippen LogP contribution in [0.15, 0.2) is 12.1 Å². The van der Waals surface area contributed by atoms with Crippen molar-refractivity contribution in [2.75, 3.05) is 24.4 Å². The molecule has 1 fully saturated rings. The lowest BCUT2D eigenvalue weighted by Gasteiger charge is -2.20.